The third kappa shape index (κ3) is 7.12. The zero-order valence-electron chi connectivity index (χ0n) is 21.0. The number of ether oxygens (including phenoxy) is 1. The third-order valence-electron chi connectivity index (χ3n) is 5.73. The molecule has 38 heavy (non-hydrogen) atoms. The van der Waals surface area contributed by atoms with Crippen LogP contribution in [0.2, 0.25) is 0 Å². The second-order valence-corrected chi connectivity index (χ2v) is 11.0. The van der Waals surface area contributed by atoms with E-state index in [0.29, 0.717) is 35.2 Å². The van der Waals surface area contributed by atoms with Gasteiger partial charge in [-0.3, -0.25) is 9.59 Å². The Kier molecular flexibility index (Phi) is 9.38. The lowest BCUT2D eigenvalue weighted by molar-refractivity contribution is -0.129. The lowest BCUT2D eigenvalue weighted by Crippen LogP contribution is -2.34. The molecule has 0 aliphatic carbocycles. The van der Waals surface area contributed by atoms with Crippen LogP contribution >= 0.6 is 35.3 Å². The summed E-state index contributed by atoms with van der Waals surface area (Å²) >= 11 is 8.11. The van der Waals surface area contributed by atoms with Crippen molar-refractivity contribution in [2.75, 3.05) is 34.9 Å². The van der Waals surface area contributed by atoms with Crippen molar-refractivity contribution in [1.82, 2.24) is 4.90 Å². The number of rotatable bonds is 8. The zero-order valence-corrected chi connectivity index (χ0v) is 23.5. The second kappa shape index (κ2) is 12.9. The Labute approximate surface area is 235 Å². The molecule has 1 aliphatic heterocycles. The maximum absolute atomic E-state index is 12.9. The fourth-order valence-electron chi connectivity index (χ4n) is 3.97. The molecule has 0 saturated carbocycles. The minimum absolute atomic E-state index is 0.0166. The van der Waals surface area contributed by atoms with E-state index in [4.69, 9.17) is 17.0 Å². The largest absolute Gasteiger partial charge is 0.462 e. The minimum Gasteiger partial charge on any atom is -0.462 e. The number of anilines is 3. The number of hydrogen-bond donors (Lipinski definition) is 3. The summed E-state index contributed by atoms with van der Waals surface area (Å²) in [5, 5.41) is 10.1. The number of thiocarbonyl (C=S) groups is 1. The van der Waals surface area contributed by atoms with Crippen LogP contribution < -0.4 is 16.0 Å². The van der Waals surface area contributed by atoms with E-state index < -0.39 is 5.97 Å². The highest BCUT2D eigenvalue weighted by Crippen LogP contribution is 2.38. The molecule has 1 aliphatic rings. The number of thioether (sulfide) groups is 1. The Morgan fingerprint density at radius 2 is 1.79 bits per heavy atom. The van der Waals surface area contributed by atoms with E-state index in [0.717, 1.165) is 26.7 Å². The number of benzene rings is 2. The van der Waals surface area contributed by atoms with Gasteiger partial charge >= 0.3 is 5.97 Å². The Morgan fingerprint density at radius 1 is 1.05 bits per heavy atom. The van der Waals surface area contributed by atoms with Crippen LogP contribution in [0.15, 0.2) is 59.5 Å². The van der Waals surface area contributed by atoms with Gasteiger partial charge in [-0.15, -0.1) is 23.1 Å². The molecule has 0 saturated heterocycles. The summed E-state index contributed by atoms with van der Waals surface area (Å²) < 4.78 is 5.27. The second-order valence-electron chi connectivity index (χ2n) is 8.43. The molecule has 11 heteroatoms. The molecule has 2 heterocycles. The van der Waals surface area contributed by atoms with Crippen LogP contribution in [0, 0.1) is 0 Å². The van der Waals surface area contributed by atoms with Crippen LogP contribution in [0.3, 0.4) is 0 Å². The molecule has 0 fully saturated rings. The van der Waals surface area contributed by atoms with Crippen LogP contribution in [0.4, 0.5) is 16.4 Å². The van der Waals surface area contributed by atoms with E-state index in [9.17, 15) is 14.4 Å². The van der Waals surface area contributed by atoms with Crippen LogP contribution in [0.5, 0.6) is 0 Å². The van der Waals surface area contributed by atoms with E-state index in [1.165, 1.54) is 30.0 Å². The van der Waals surface area contributed by atoms with Crippen molar-refractivity contribution < 1.29 is 19.1 Å². The lowest BCUT2D eigenvalue weighted by Gasteiger charge is -2.25. The van der Waals surface area contributed by atoms with Gasteiger partial charge in [0, 0.05) is 34.6 Å². The van der Waals surface area contributed by atoms with Crippen molar-refractivity contribution in [2.24, 2.45) is 0 Å². The molecule has 0 radical (unpaired) electrons. The van der Waals surface area contributed by atoms with Crippen molar-refractivity contribution in [2.45, 2.75) is 31.7 Å². The number of nitrogens with zero attached hydrogens (tertiary/aromatic N) is 1. The molecule has 2 aromatic carbocycles. The molecule has 198 valence electrons. The normalized spacial score (nSPS) is 12.3. The number of hydrogen-bond acceptors (Lipinski definition) is 7. The molecule has 3 N–H and O–H groups in total. The number of amides is 2. The first-order valence-electron chi connectivity index (χ1n) is 12.1. The van der Waals surface area contributed by atoms with Gasteiger partial charge in [0.1, 0.15) is 5.00 Å². The summed E-state index contributed by atoms with van der Waals surface area (Å²) in [6, 6.07) is 17.3. The molecule has 3 aromatic rings. The van der Waals surface area contributed by atoms with Crippen molar-refractivity contribution in [1.29, 1.82) is 0 Å². The number of carbonyl (C=O) groups excluding carboxylic acids is 3. The quantitative estimate of drug-likeness (QED) is 0.190. The smallest absolute Gasteiger partial charge is 0.341 e. The highest BCUT2D eigenvalue weighted by molar-refractivity contribution is 8.00. The Bertz CT molecular complexity index is 1340. The maximum Gasteiger partial charge on any atom is 0.341 e. The monoisotopic (exact) mass is 568 g/mol. The lowest BCUT2D eigenvalue weighted by atomic mass is 10.0. The van der Waals surface area contributed by atoms with E-state index in [2.05, 4.69) is 16.0 Å². The Hall–Kier alpha value is -3.41. The highest BCUT2D eigenvalue weighted by atomic mass is 32.2. The van der Waals surface area contributed by atoms with E-state index in [1.807, 2.05) is 54.6 Å². The van der Waals surface area contributed by atoms with Crippen molar-refractivity contribution in [3.63, 3.8) is 0 Å². The van der Waals surface area contributed by atoms with Gasteiger partial charge in [-0.1, -0.05) is 24.3 Å². The first-order valence-corrected chi connectivity index (χ1v) is 14.3. The van der Waals surface area contributed by atoms with Gasteiger partial charge in [0.05, 0.1) is 24.5 Å². The van der Waals surface area contributed by atoms with E-state index >= 15 is 0 Å². The predicted molar refractivity (Wildman–Crippen MR) is 157 cm³/mol. The molecule has 0 spiro atoms. The summed E-state index contributed by atoms with van der Waals surface area (Å²) in [7, 11) is 0. The van der Waals surface area contributed by atoms with Gasteiger partial charge in [0.2, 0.25) is 11.8 Å². The average Bonchev–Trinajstić information content (AvgIpc) is 3.25. The number of para-hydroxylation sites is 1. The molecular weight excluding hydrogens is 541 g/mol. The molecule has 0 bridgehead atoms. The van der Waals surface area contributed by atoms with Gasteiger partial charge in [-0.2, -0.15) is 0 Å². The fourth-order valence-corrected chi connectivity index (χ4v) is 6.23. The summed E-state index contributed by atoms with van der Waals surface area (Å²) in [6.45, 7) is 4.47. The minimum atomic E-state index is -0.455. The summed E-state index contributed by atoms with van der Waals surface area (Å²) in [5.41, 5.74) is 2.94. The van der Waals surface area contributed by atoms with Gasteiger partial charge in [-0.25, -0.2) is 4.79 Å². The molecule has 0 unspecified atom stereocenters. The number of fused-ring (bicyclic) bond motifs is 1. The third-order valence-corrected chi connectivity index (χ3v) is 8.06. The molecular formula is C27H28N4O4S3. The van der Waals surface area contributed by atoms with Crippen molar-refractivity contribution in [3.8, 4) is 0 Å². The molecule has 2 amide bonds. The van der Waals surface area contributed by atoms with Gasteiger partial charge in [0.25, 0.3) is 0 Å². The van der Waals surface area contributed by atoms with E-state index in [1.54, 1.807) is 11.8 Å². The molecule has 8 nitrogen and oxygen atoms in total. The van der Waals surface area contributed by atoms with Crippen molar-refractivity contribution >= 4 is 74.6 Å². The average molecular weight is 569 g/mol. The predicted octanol–water partition coefficient (Wildman–Crippen LogP) is 5.37. The van der Waals surface area contributed by atoms with Gasteiger partial charge in [-0.05, 0) is 61.5 Å². The van der Waals surface area contributed by atoms with Gasteiger partial charge < -0.3 is 25.6 Å². The molecule has 0 atom stereocenters. The molecule has 4 rings (SSSR count). The number of thiophene rings is 1. The highest BCUT2D eigenvalue weighted by Gasteiger charge is 2.30. The topological polar surface area (TPSA) is 99.8 Å². The Morgan fingerprint density at radius 3 is 2.53 bits per heavy atom. The van der Waals surface area contributed by atoms with Gasteiger partial charge in [0.15, 0.2) is 5.11 Å². The van der Waals surface area contributed by atoms with Crippen LogP contribution in [-0.4, -0.2) is 46.7 Å². The van der Waals surface area contributed by atoms with Crippen molar-refractivity contribution in [3.05, 3.63) is 70.6 Å². The first-order chi connectivity index (χ1) is 18.3. The zero-order chi connectivity index (χ0) is 27.1. The number of nitrogens with one attached hydrogen (secondary N) is 3. The number of carbonyl (C=O) groups is 3. The van der Waals surface area contributed by atoms with Crippen LogP contribution in [-0.2, 0) is 27.3 Å². The summed E-state index contributed by atoms with van der Waals surface area (Å²) in [5.74, 6) is -0.553. The Balaban J connectivity index is 1.39. The summed E-state index contributed by atoms with van der Waals surface area (Å²) in [4.78, 5) is 41.0. The SMILES string of the molecule is CCOC(=O)c1c(NC(=O)CSc2cccc(NC(=S)Nc3ccccc3)c2)sc2c1CCN(C(C)=O)C2. The first kappa shape index (κ1) is 27.6. The standard InChI is InChI=1S/C27H28N4O4S3/c1-3-35-26(34)24-21-12-13-31(17(2)32)15-22(21)38-25(24)30-23(33)16-37-20-11-7-10-19(14-20)29-27(36)28-18-8-5-4-6-9-18/h4-11,14H,3,12-13,15-16H2,1-2H3,(H,30,33)(H2,28,29,36). The van der Waals surface area contributed by atoms with Crippen LogP contribution in [0.25, 0.3) is 0 Å². The molecule has 1 aromatic heterocycles. The summed E-state index contributed by atoms with van der Waals surface area (Å²) in [6.07, 6.45) is 0.547. The maximum atomic E-state index is 12.9. The fraction of sp³-hybridized carbons (Fsp3) is 0.259. The number of esters is 1. The van der Waals surface area contributed by atoms with Crippen LogP contribution in [0.1, 0.15) is 34.6 Å². The van der Waals surface area contributed by atoms with E-state index in [-0.39, 0.29) is 24.2 Å².